The third kappa shape index (κ3) is 4.71. The van der Waals surface area contributed by atoms with E-state index in [1.807, 2.05) is 18.5 Å². The highest BCUT2D eigenvalue weighted by atomic mass is 32.2. The van der Waals surface area contributed by atoms with E-state index in [0.29, 0.717) is 6.54 Å². The highest BCUT2D eigenvalue weighted by molar-refractivity contribution is 7.90. The molecular weight excluding hydrogens is 228 g/mol. The summed E-state index contributed by atoms with van der Waals surface area (Å²) < 4.78 is 23.9. The molecule has 0 aromatic carbocycles. The van der Waals surface area contributed by atoms with Crippen LogP contribution >= 0.6 is 0 Å². The van der Waals surface area contributed by atoms with Crippen molar-refractivity contribution in [2.75, 3.05) is 18.6 Å². The van der Waals surface area contributed by atoms with E-state index in [-0.39, 0.29) is 11.8 Å². The number of rotatable bonds is 6. The van der Waals surface area contributed by atoms with E-state index in [9.17, 15) is 8.42 Å². The van der Waals surface area contributed by atoms with Crippen molar-refractivity contribution in [2.24, 2.45) is 7.05 Å². The molecule has 0 saturated carbocycles. The Kier molecular flexibility index (Phi) is 4.43. The second kappa shape index (κ2) is 5.40. The summed E-state index contributed by atoms with van der Waals surface area (Å²) in [4.78, 5) is 0. The summed E-state index contributed by atoms with van der Waals surface area (Å²) in [6.45, 7) is 2.56. The number of hydrogen-bond donors (Lipinski definition) is 1. The number of hydrogen-bond acceptors (Lipinski definition) is 5. The minimum absolute atomic E-state index is 0.0387. The summed E-state index contributed by atoms with van der Waals surface area (Å²) in [5.74, 6) is 1.05. The molecule has 0 aliphatic carbocycles. The van der Waals surface area contributed by atoms with Crippen LogP contribution in [0.15, 0.2) is 6.33 Å². The van der Waals surface area contributed by atoms with Crippen LogP contribution in [0.4, 0.5) is 0 Å². The number of nitrogens with one attached hydrogen (secondary N) is 1. The minimum Gasteiger partial charge on any atom is -0.321 e. The number of nitrogens with zero attached hydrogens (tertiary/aromatic N) is 3. The molecule has 1 rings (SSSR count). The van der Waals surface area contributed by atoms with Crippen LogP contribution in [0.2, 0.25) is 0 Å². The van der Waals surface area contributed by atoms with Gasteiger partial charge in [0.1, 0.15) is 22.0 Å². The average Bonchev–Trinajstić information content (AvgIpc) is 2.48. The minimum atomic E-state index is -2.91. The van der Waals surface area contributed by atoms with E-state index >= 15 is 0 Å². The van der Waals surface area contributed by atoms with Gasteiger partial charge in [-0.15, -0.1) is 10.2 Å². The zero-order chi connectivity index (χ0) is 12.2. The van der Waals surface area contributed by atoms with Gasteiger partial charge in [-0.05, 0) is 6.92 Å². The van der Waals surface area contributed by atoms with Gasteiger partial charge in [-0.1, -0.05) is 0 Å². The smallest absolute Gasteiger partial charge is 0.148 e. The van der Waals surface area contributed by atoms with Gasteiger partial charge in [0.05, 0.1) is 5.75 Å². The third-order valence-electron chi connectivity index (χ3n) is 2.20. The Labute approximate surface area is 96.0 Å². The van der Waals surface area contributed by atoms with Crippen molar-refractivity contribution in [1.29, 1.82) is 0 Å². The van der Waals surface area contributed by atoms with Crippen LogP contribution in [0.1, 0.15) is 12.7 Å². The standard InChI is InChI=1S/C9H18N4O2S/c1-8(6-16(3,14)15)10-5-4-9-12-11-7-13(9)2/h7-8,10H,4-6H2,1-3H3. The predicted molar refractivity (Wildman–Crippen MR) is 61.9 cm³/mol. The van der Waals surface area contributed by atoms with Crippen molar-refractivity contribution >= 4 is 9.84 Å². The van der Waals surface area contributed by atoms with Gasteiger partial charge < -0.3 is 9.88 Å². The van der Waals surface area contributed by atoms with Crippen molar-refractivity contribution in [1.82, 2.24) is 20.1 Å². The fraction of sp³-hybridized carbons (Fsp3) is 0.778. The fourth-order valence-electron chi connectivity index (χ4n) is 1.48. The predicted octanol–water partition coefficient (Wildman–Crippen LogP) is -0.620. The Hall–Kier alpha value is -0.950. The number of sulfone groups is 1. The molecule has 1 atom stereocenters. The summed E-state index contributed by atoms with van der Waals surface area (Å²) in [7, 11) is -1.03. The molecule has 0 aliphatic heterocycles. The molecule has 1 N–H and O–H groups in total. The number of aryl methyl sites for hydroxylation is 1. The molecule has 92 valence electrons. The second-order valence-corrected chi connectivity index (χ2v) is 6.24. The van der Waals surface area contributed by atoms with Gasteiger partial charge >= 0.3 is 0 Å². The van der Waals surface area contributed by atoms with Crippen LogP contribution in [0.5, 0.6) is 0 Å². The summed E-state index contributed by atoms with van der Waals surface area (Å²) in [5.41, 5.74) is 0. The molecule has 1 heterocycles. The second-order valence-electron chi connectivity index (χ2n) is 4.06. The van der Waals surface area contributed by atoms with Gasteiger partial charge in [-0.3, -0.25) is 0 Å². The van der Waals surface area contributed by atoms with Crippen molar-refractivity contribution in [3.8, 4) is 0 Å². The summed E-state index contributed by atoms with van der Waals surface area (Å²) >= 11 is 0. The topological polar surface area (TPSA) is 76.9 Å². The molecule has 0 aliphatic rings. The molecule has 1 aromatic rings. The van der Waals surface area contributed by atoms with Crippen LogP contribution in [-0.2, 0) is 23.3 Å². The lowest BCUT2D eigenvalue weighted by atomic mass is 10.3. The lowest BCUT2D eigenvalue weighted by Gasteiger charge is -2.11. The van der Waals surface area contributed by atoms with Gasteiger partial charge in [-0.25, -0.2) is 8.42 Å². The van der Waals surface area contributed by atoms with Crippen molar-refractivity contribution in [2.45, 2.75) is 19.4 Å². The molecular formula is C9H18N4O2S. The van der Waals surface area contributed by atoms with E-state index in [1.165, 1.54) is 6.26 Å². The van der Waals surface area contributed by atoms with Crippen molar-refractivity contribution < 1.29 is 8.42 Å². The van der Waals surface area contributed by atoms with Crippen molar-refractivity contribution in [3.63, 3.8) is 0 Å². The highest BCUT2D eigenvalue weighted by Crippen LogP contribution is 1.94. The Morgan fingerprint density at radius 1 is 1.56 bits per heavy atom. The van der Waals surface area contributed by atoms with Crippen LogP contribution in [0.25, 0.3) is 0 Å². The van der Waals surface area contributed by atoms with Gasteiger partial charge in [-0.2, -0.15) is 0 Å². The highest BCUT2D eigenvalue weighted by Gasteiger charge is 2.09. The summed E-state index contributed by atoms with van der Waals surface area (Å²) in [6.07, 6.45) is 3.63. The van der Waals surface area contributed by atoms with Gasteiger partial charge in [0.15, 0.2) is 0 Å². The quantitative estimate of drug-likeness (QED) is 0.724. The Morgan fingerprint density at radius 2 is 2.25 bits per heavy atom. The Balaban J connectivity index is 2.28. The zero-order valence-electron chi connectivity index (χ0n) is 9.84. The van der Waals surface area contributed by atoms with Gasteiger partial charge in [0.2, 0.25) is 0 Å². The first-order chi connectivity index (χ1) is 7.38. The average molecular weight is 246 g/mol. The van der Waals surface area contributed by atoms with Crippen LogP contribution in [-0.4, -0.2) is 47.8 Å². The third-order valence-corrected chi connectivity index (χ3v) is 3.30. The van der Waals surface area contributed by atoms with E-state index in [1.54, 1.807) is 6.33 Å². The molecule has 6 nitrogen and oxygen atoms in total. The summed E-state index contributed by atoms with van der Waals surface area (Å²) in [6, 6.07) is -0.0387. The normalized spacial score (nSPS) is 13.9. The lowest BCUT2D eigenvalue weighted by Crippen LogP contribution is -2.34. The first kappa shape index (κ1) is 13.1. The van der Waals surface area contributed by atoms with E-state index in [2.05, 4.69) is 15.5 Å². The maximum atomic E-state index is 11.0. The largest absolute Gasteiger partial charge is 0.321 e. The Morgan fingerprint density at radius 3 is 2.75 bits per heavy atom. The van der Waals surface area contributed by atoms with E-state index in [0.717, 1.165) is 12.2 Å². The maximum absolute atomic E-state index is 11.0. The van der Waals surface area contributed by atoms with Gasteiger partial charge in [0, 0.05) is 32.3 Å². The van der Waals surface area contributed by atoms with Crippen LogP contribution in [0, 0.1) is 0 Å². The molecule has 0 bridgehead atoms. The molecule has 1 unspecified atom stereocenters. The first-order valence-corrected chi connectivity index (χ1v) is 7.18. The monoisotopic (exact) mass is 246 g/mol. The molecule has 16 heavy (non-hydrogen) atoms. The van der Waals surface area contributed by atoms with Crippen LogP contribution in [0.3, 0.4) is 0 Å². The zero-order valence-corrected chi connectivity index (χ0v) is 10.7. The lowest BCUT2D eigenvalue weighted by molar-refractivity contribution is 0.555. The SMILES string of the molecule is CC(CS(C)(=O)=O)NCCc1nncn1C. The van der Waals surface area contributed by atoms with E-state index in [4.69, 9.17) is 0 Å². The first-order valence-electron chi connectivity index (χ1n) is 5.12. The molecule has 0 radical (unpaired) electrons. The Bertz CT molecular complexity index is 426. The van der Waals surface area contributed by atoms with Gasteiger partial charge in [0.25, 0.3) is 0 Å². The number of aromatic nitrogens is 3. The van der Waals surface area contributed by atoms with Crippen molar-refractivity contribution in [3.05, 3.63) is 12.2 Å². The maximum Gasteiger partial charge on any atom is 0.148 e. The molecule has 7 heteroatoms. The fourth-order valence-corrected chi connectivity index (χ4v) is 2.50. The summed E-state index contributed by atoms with van der Waals surface area (Å²) in [5, 5.41) is 10.9. The van der Waals surface area contributed by atoms with E-state index < -0.39 is 9.84 Å². The van der Waals surface area contributed by atoms with Crippen LogP contribution < -0.4 is 5.32 Å². The molecule has 0 spiro atoms. The molecule has 0 fully saturated rings. The molecule has 1 aromatic heterocycles. The molecule has 0 saturated heterocycles. The molecule has 0 amide bonds.